The van der Waals surface area contributed by atoms with Crippen molar-refractivity contribution in [1.29, 1.82) is 0 Å². The zero-order valence-electron chi connectivity index (χ0n) is 11.6. The largest absolute Gasteiger partial charge is 0.481 e. The highest BCUT2D eigenvalue weighted by atomic mass is 19.1. The standard InChI is InChI=1S/C16H18FNO3/c17-11-4-2-10(3-5-11)12(15(20)21)9-18-14(19)13-8-16(13)6-1-7-16/h2-5,12-13H,1,6-9H2,(H,18,19)(H,20,21). The Labute approximate surface area is 122 Å². The zero-order chi connectivity index (χ0) is 15.0. The first-order chi connectivity index (χ1) is 10.0. The summed E-state index contributed by atoms with van der Waals surface area (Å²) in [4.78, 5) is 23.4. The van der Waals surface area contributed by atoms with E-state index in [1.54, 1.807) is 0 Å². The molecule has 2 aliphatic rings. The van der Waals surface area contributed by atoms with Crippen LogP contribution in [0.25, 0.3) is 0 Å². The number of halogens is 1. The number of rotatable bonds is 5. The number of amides is 1. The lowest BCUT2D eigenvalue weighted by molar-refractivity contribution is -0.138. The number of carboxylic acids is 1. The topological polar surface area (TPSA) is 66.4 Å². The number of carboxylic acid groups (broad SMARTS) is 1. The summed E-state index contributed by atoms with van der Waals surface area (Å²) < 4.78 is 12.9. The maximum atomic E-state index is 12.9. The van der Waals surface area contributed by atoms with Gasteiger partial charge in [-0.25, -0.2) is 4.39 Å². The molecule has 4 nitrogen and oxygen atoms in total. The van der Waals surface area contributed by atoms with E-state index in [0.717, 1.165) is 19.3 Å². The van der Waals surface area contributed by atoms with Crippen LogP contribution < -0.4 is 5.32 Å². The average molecular weight is 291 g/mol. The first-order valence-electron chi connectivity index (χ1n) is 7.28. The fraction of sp³-hybridized carbons (Fsp3) is 0.500. The van der Waals surface area contributed by atoms with Crippen LogP contribution in [0, 0.1) is 17.2 Å². The summed E-state index contributed by atoms with van der Waals surface area (Å²) in [5.74, 6) is -2.24. The summed E-state index contributed by atoms with van der Waals surface area (Å²) in [5.41, 5.74) is 0.733. The van der Waals surface area contributed by atoms with Crippen molar-refractivity contribution in [3.8, 4) is 0 Å². The fourth-order valence-corrected chi connectivity index (χ4v) is 3.27. The van der Waals surface area contributed by atoms with Crippen molar-refractivity contribution in [1.82, 2.24) is 5.32 Å². The van der Waals surface area contributed by atoms with Gasteiger partial charge in [0.25, 0.3) is 0 Å². The number of benzene rings is 1. The lowest BCUT2D eigenvalue weighted by Gasteiger charge is -2.26. The first-order valence-corrected chi connectivity index (χ1v) is 7.28. The predicted octanol–water partition coefficient (Wildman–Crippen LogP) is 2.30. The van der Waals surface area contributed by atoms with Crippen LogP contribution in [0.3, 0.4) is 0 Å². The van der Waals surface area contributed by atoms with Gasteiger partial charge in [0.1, 0.15) is 5.82 Å². The first kappa shape index (κ1) is 14.0. The minimum Gasteiger partial charge on any atom is -0.481 e. The maximum absolute atomic E-state index is 12.9. The SMILES string of the molecule is O=C(O)C(CNC(=O)C1CC12CCC2)c1ccc(F)cc1. The van der Waals surface area contributed by atoms with Crippen molar-refractivity contribution >= 4 is 11.9 Å². The van der Waals surface area contributed by atoms with E-state index in [1.807, 2.05) is 0 Å². The Balaban J connectivity index is 1.59. The van der Waals surface area contributed by atoms with Crippen LogP contribution >= 0.6 is 0 Å². The molecule has 2 fully saturated rings. The molecule has 2 unspecified atom stereocenters. The minimum atomic E-state index is -1.02. The van der Waals surface area contributed by atoms with E-state index in [2.05, 4.69) is 5.32 Å². The molecule has 0 saturated heterocycles. The summed E-state index contributed by atoms with van der Waals surface area (Å²) in [6, 6.07) is 5.37. The Morgan fingerprint density at radius 1 is 1.33 bits per heavy atom. The van der Waals surface area contributed by atoms with E-state index in [4.69, 9.17) is 0 Å². The van der Waals surface area contributed by atoms with Gasteiger partial charge in [-0.05, 0) is 42.4 Å². The lowest BCUT2D eigenvalue weighted by atomic mass is 9.79. The van der Waals surface area contributed by atoms with E-state index in [0.29, 0.717) is 5.56 Å². The zero-order valence-corrected chi connectivity index (χ0v) is 11.6. The van der Waals surface area contributed by atoms with Crippen molar-refractivity contribution in [3.05, 3.63) is 35.6 Å². The van der Waals surface area contributed by atoms with Gasteiger partial charge in [-0.1, -0.05) is 18.6 Å². The minimum absolute atomic E-state index is 0.0388. The molecule has 2 saturated carbocycles. The quantitative estimate of drug-likeness (QED) is 0.874. The van der Waals surface area contributed by atoms with Gasteiger partial charge in [0.05, 0.1) is 5.92 Å². The maximum Gasteiger partial charge on any atom is 0.312 e. The third-order valence-electron chi connectivity index (χ3n) is 4.91. The van der Waals surface area contributed by atoms with Crippen LogP contribution in [0.5, 0.6) is 0 Å². The van der Waals surface area contributed by atoms with Gasteiger partial charge in [0, 0.05) is 12.5 Å². The fourth-order valence-electron chi connectivity index (χ4n) is 3.27. The average Bonchev–Trinajstić information content (AvgIpc) is 3.16. The molecule has 3 rings (SSSR count). The molecule has 0 bridgehead atoms. The van der Waals surface area contributed by atoms with Gasteiger partial charge in [-0.3, -0.25) is 9.59 Å². The Bertz CT molecular complexity index is 565. The molecule has 1 aromatic carbocycles. The molecule has 21 heavy (non-hydrogen) atoms. The van der Waals surface area contributed by atoms with Crippen LogP contribution in [-0.2, 0) is 9.59 Å². The van der Waals surface area contributed by atoms with E-state index in [-0.39, 0.29) is 23.8 Å². The molecule has 0 aliphatic heterocycles. The lowest BCUT2D eigenvalue weighted by Crippen LogP contribution is -2.34. The Kier molecular flexibility index (Phi) is 3.43. The van der Waals surface area contributed by atoms with Gasteiger partial charge in [-0.2, -0.15) is 0 Å². The third kappa shape index (κ3) is 2.64. The summed E-state index contributed by atoms with van der Waals surface area (Å²) in [6.07, 6.45) is 4.36. The summed E-state index contributed by atoms with van der Waals surface area (Å²) in [6.45, 7) is 0.0480. The van der Waals surface area contributed by atoms with Gasteiger partial charge >= 0.3 is 5.97 Å². The van der Waals surface area contributed by atoms with E-state index >= 15 is 0 Å². The number of aliphatic carboxylic acids is 1. The molecule has 0 radical (unpaired) electrons. The van der Waals surface area contributed by atoms with Gasteiger partial charge in [0.15, 0.2) is 0 Å². The number of hydrogen-bond donors (Lipinski definition) is 2. The molecule has 1 aromatic rings. The molecule has 0 heterocycles. The van der Waals surface area contributed by atoms with E-state index < -0.39 is 17.7 Å². The van der Waals surface area contributed by atoms with Crippen LogP contribution in [0.1, 0.15) is 37.2 Å². The van der Waals surface area contributed by atoms with Gasteiger partial charge < -0.3 is 10.4 Å². The van der Waals surface area contributed by atoms with Crippen molar-refractivity contribution in [2.75, 3.05) is 6.54 Å². The van der Waals surface area contributed by atoms with E-state index in [1.165, 1.54) is 30.7 Å². The van der Waals surface area contributed by atoms with Crippen LogP contribution in [0.15, 0.2) is 24.3 Å². The van der Waals surface area contributed by atoms with Gasteiger partial charge in [0.2, 0.25) is 5.91 Å². The summed E-state index contributed by atoms with van der Waals surface area (Å²) in [5, 5.41) is 12.0. The predicted molar refractivity (Wildman–Crippen MR) is 74.2 cm³/mol. The molecule has 2 atom stereocenters. The Morgan fingerprint density at radius 2 is 2.00 bits per heavy atom. The summed E-state index contributed by atoms with van der Waals surface area (Å²) in [7, 11) is 0. The Hall–Kier alpha value is -1.91. The number of nitrogens with one attached hydrogen (secondary N) is 1. The third-order valence-corrected chi connectivity index (χ3v) is 4.91. The number of carbonyl (C=O) groups excluding carboxylic acids is 1. The smallest absolute Gasteiger partial charge is 0.312 e. The molecule has 112 valence electrons. The highest BCUT2D eigenvalue weighted by Crippen LogP contribution is 2.65. The highest BCUT2D eigenvalue weighted by molar-refractivity contribution is 5.84. The van der Waals surface area contributed by atoms with Crippen molar-refractivity contribution in [2.45, 2.75) is 31.6 Å². The molecular weight excluding hydrogens is 273 g/mol. The van der Waals surface area contributed by atoms with Crippen LogP contribution in [0.4, 0.5) is 4.39 Å². The normalized spacial score (nSPS) is 23.2. The van der Waals surface area contributed by atoms with Crippen molar-refractivity contribution in [3.63, 3.8) is 0 Å². The number of carbonyl (C=O) groups is 2. The van der Waals surface area contributed by atoms with Crippen molar-refractivity contribution < 1.29 is 19.1 Å². The summed E-state index contributed by atoms with van der Waals surface area (Å²) >= 11 is 0. The monoisotopic (exact) mass is 291 g/mol. The molecule has 5 heteroatoms. The molecule has 1 spiro atoms. The second kappa shape index (κ2) is 5.13. The van der Waals surface area contributed by atoms with Crippen LogP contribution in [0.2, 0.25) is 0 Å². The van der Waals surface area contributed by atoms with Crippen molar-refractivity contribution in [2.24, 2.45) is 11.3 Å². The van der Waals surface area contributed by atoms with Crippen LogP contribution in [-0.4, -0.2) is 23.5 Å². The van der Waals surface area contributed by atoms with E-state index in [9.17, 15) is 19.1 Å². The second-order valence-corrected chi connectivity index (χ2v) is 6.16. The van der Waals surface area contributed by atoms with Gasteiger partial charge in [-0.15, -0.1) is 0 Å². The molecule has 0 aromatic heterocycles. The second-order valence-electron chi connectivity index (χ2n) is 6.16. The molecular formula is C16H18FNO3. The Morgan fingerprint density at radius 3 is 2.48 bits per heavy atom. The molecule has 2 aliphatic carbocycles. The highest BCUT2D eigenvalue weighted by Gasteiger charge is 2.60. The molecule has 2 N–H and O–H groups in total. The number of hydrogen-bond acceptors (Lipinski definition) is 2. The molecule has 1 amide bonds.